The van der Waals surface area contributed by atoms with Crippen LogP contribution in [0.4, 0.5) is 11.4 Å². The SMILES string of the molecule is Cc1c(C2CCC(C3CCC(C)CC3)CC2)cc2ccc(O)c(N)c2c1N. The van der Waals surface area contributed by atoms with Crippen molar-refractivity contribution in [1.82, 2.24) is 0 Å². The number of benzene rings is 2. The van der Waals surface area contributed by atoms with Crippen LogP contribution in [0.1, 0.15) is 75.3 Å². The third-order valence-electron chi connectivity index (χ3n) is 7.61. The molecule has 2 aliphatic carbocycles. The summed E-state index contributed by atoms with van der Waals surface area (Å²) in [5, 5.41) is 11.8. The van der Waals surface area contributed by atoms with Gasteiger partial charge in [0.25, 0.3) is 0 Å². The molecule has 0 spiro atoms. The Labute approximate surface area is 163 Å². The van der Waals surface area contributed by atoms with Crippen molar-refractivity contribution in [3.63, 3.8) is 0 Å². The van der Waals surface area contributed by atoms with Gasteiger partial charge in [0.2, 0.25) is 0 Å². The minimum atomic E-state index is 0.114. The molecule has 2 saturated carbocycles. The Hall–Kier alpha value is -1.90. The van der Waals surface area contributed by atoms with Gasteiger partial charge in [-0.2, -0.15) is 0 Å². The number of nitrogen functional groups attached to an aromatic ring is 2. The van der Waals surface area contributed by atoms with Crippen LogP contribution in [0, 0.1) is 24.7 Å². The number of hydrogen-bond donors (Lipinski definition) is 3. The molecule has 2 fully saturated rings. The molecule has 146 valence electrons. The molecular weight excluding hydrogens is 332 g/mol. The van der Waals surface area contributed by atoms with Crippen LogP contribution in [0.5, 0.6) is 5.75 Å². The topological polar surface area (TPSA) is 72.3 Å². The monoisotopic (exact) mass is 366 g/mol. The van der Waals surface area contributed by atoms with Gasteiger partial charge in [-0.1, -0.05) is 31.9 Å². The molecule has 0 heterocycles. The van der Waals surface area contributed by atoms with Crippen molar-refractivity contribution in [1.29, 1.82) is 0 Å². The first kappa shape index (κ1) is 18.5. The molecule has 0 aromatic heterocycles. The highest BCUT2D eigenvalue weighted by atomic mass is 16.3. The minimum absolute atomic E-state index is 0.114. The van der Waals surface area contributed by atoms with Crippen molar-refractivity contribution < 1.29 is 5.11 Å². The highest BCUT2D eigenvalue weighted by Crippen LogP contribution is 2.46. The van der Waals surface area contributed by atoms with Gasteiger partial charge >= 0.3 is 0 Å². The second kappa shape index (κ2) is 7.26. The molecule has 3 heteroatoms. The summed E-state index contributed by atoms with van der Waals surface area (Å²) in [4.78, 5) is 0. The summed E-state index contributed by atoms with van der Waals surface area (Å²) < 4.78 is 0. The lowest BCUT2D eigenvalue weighted by Gasteiger charge is -2.37. The molecule has 27 heavy (non-hydrogen) atoms. The predicted octanol–water partition coefficient (Wildman–Crippen LogP) is 6.12. The fraction of sp³-hybridized carbons (Fsp3) is 0.583. The van der Waals surface area contributed by atoms with Crippen molar-refractivity contribution in [3.05, 3.63) is 29.3 Å². The predicted molar refractivity (Wildman–Crippen MR) is 115 cm³/mol. The molecule has 0 amide bonds. The highest BCUT2D eigenvalue weighted by molar-refractivity contribution is 6.05. The number of anilines is 2. The van der Waals surface area contributed by atoms with Gasteiger partial charge in [-0.3, -0.25) is 0 Å². The van der Waals surface area contributed by atoms with Gasteiger partial charge in [-0.05, 0) is 91.7 Å². The smallest absolute Gasteiger partial charge is 0.139 e. The Kier molecular flexibility index (Phi) is 4.96. The number of fused-ring (bicyclic) bond motifs is 1. The molecular formula is C24H34N2O. The van der Waals surface area contributed by atoms with E-state index in [9.17, 15) is 5.11 Å². The molecule has 0 saturated heterocycles. The number of hydrogen-bond acceptors (Lipinski definition) is 3. The summed E-state index contributed by atoms with van der Waals surface area (Å²) in [5.41, 5.74) is 16.2. The fourth-order valence-electron chi connectivity index (χ4n) is 5.75. The number of phenolic OH excluding ortho intramolecular Hbond substituents is 1. The first-order valence-electron chi connectivity index (χ1n) is 10.8. The quantitative estimate of drug-likeness (QED) is 0.443. The van der Waals surface area contributed by atoms with E-state index in [0.717, 1.165) is 39.8 Å². The van der Waals surface area contributed by atoms with Gasteiger partial charge in [0.05, 0.1) is 5.69 Å². The Balaban J connectivity index is 1.54. The van der Waals surface area contributed by atoms with Gasteiger partial charge in [0.15, 0.2) is 0 Å². The fourth-order valence-corrected chi connectivity index (χ4v) is 5.75. The van der Waals surface area contributed by atoms with Gasteiger partial charge in [-0.25, -0.2) is 0 Å². The maximum absolute atomic E-state index is 9.94. The third-order valence-corrected chi connectivity index (χ3v) is 7.61. The van der Waals surface area contributed by atoms with Crippen molar-refractivity contribution in [2.24, 2.45) is 17.8 Å². The average molecular weight is 367 g/mol. The molecule has 0 unspecified atom stereocenters. The lowest BCUT2D eigenvalue weighted by atomic mass is 9.68. The van der Waals surface area contributed by atoms with Crippen LogP contribution in [0.3, 0.4) is 0 Å². The zero-order valence-corrected chi connectivity index (χ0v) is 16.8. The van der Waals surface area contributed by atoms with Gasteiger partial charge in [-0.15, -0.1) is 0 Å². The number of nitrogens with two attached hydrogens (primary N) is 2. The number of rotatable bonds is 2. The summed E-state index contributed by atoms with van der Waals surface area (Å²) in [6, 6.07) is 5.89. The van der Waals surface area contributed by atoms with E-state index >= 15 is 0 Å². The zero-order valence-electron chi connectivity index (χ0n) is 16.8. The molecule has 2 aromatic rings. The average Bonchev–Trinajstić information content (AvgIpc) is 2.68. The molecule has 3 nitrogen and oxygen atoms in total. The number of aromatic hydroxyl groups is 1. The lowest BCUT2D eigenvalue weighted by Crippen LogP contribution is -2.25. The van der Waals surface area contributed by atoms with E-state index < -0.39 is 0 Å². The first-order valence-corrected chi connectivity index (χ1v) is 10.8. The third kappa shape index (κ3) is 3.37. The molecule has 2 aromatic carbocycles. The Morgan fingerprint density at radius 3 is 2.07 bits per heavy atom. The van der Waals surface area contributed by atoms with E-state index in [1.54, 1.807) is 6.07 Å². The summed E-state index contributed by atoms with van der Waals surface area (Å²) >= 11 is 0. The molecule has 0 aliphatic heterocycles. The van der Waals surface area contributed by atoms with E-state index in [-0.39, 0.29) is 5.75 Å². The maximum atomic E-state index is 9.94. The van der Waals surface area contributed by atoms with Crippen molar-refractivity contribution >= 4 is 22.1 Å². The Bertz CT molecular complexity index is 828. The normalized spacial score (nSPS) is 29.1. The van der Waals surface area contributed by atoms with Crippen molar-refractivity contribution in [3.8, 4) is 5.75 Å². The summed E-state index contributed by atoms with van der Waals surface area (Å²) in [6.07, 6.45) is 11.0. The summed E-state index contributed by atoms with van der Waals surface area (Å²) in [6.45, 7) is 4.52. The second-order valence-corrected chi connectivity index (χ2v) is 9.23. The summed E-state index contributed by atoms with van der Waals surface area (Å²) in [7, 11) is 0. The first-order chi connectivity index (χ1) is 13.0. The van der Waals surface area contributed by atoms with Crippen LogP contribution in [0.2, 0.25) is 0 Å². The van der Waals surface area contributed by atoms with Crippen LogP contribution in [0.15, 0.2) is 18.2 Å². The molecule has 0 atom stereocenters. The zero-order chi connectivity index (χ0) is 19.1. The van der Waals surface area contributed by atoms with E-state index in [1.165, 1.54) is 56.9 Å². The number of phenols is 1. The lowest BCUT2D eigenvalue weighted by molar-refractivity contribution is 0.165. The van der Waals surface area contributed by atoms with E-state index in [0.29, 0.717) is 11.6 Å². The van der Waals surface area contributed by atoms with Gasteiger partial charge in [0.1, 0.15) is 5.75 Å². The maximum Gasteiger partial charge on any atom is 0.139 e. The second-order valence-electron chi connectivity index (χ2n) is 9.23. The van der Waals surface area contributed by atoms with Crippen LogP contribution in [-0.2, 0) is 0 Å². The van der Waals surface area contributed by atoms with Crippen molar-refractivity contribution in [2.75, 3.05) is 11.5 Å². The molecule has 2 aliphatic rings. The standard InChI is InChI=1S/C24H34N2O/c1-14-3-5-16(6-4-14)17-7-9-18(10-8-17)20-13-19-11-12-21(27)24(26)22(19)23(25)15(20)2/h11-14,16-18,27H,3-10,25-26H2,1-2H3. The molecule has 4 rings (SSSR count). The van der Waals surface area contributed by atoms with Gasteiger partial charge < -0.3 is 16.6 Å². The van der Waals surface area contributed by atoms with Gasteiger partial charge in [0, 0.05) is 11.1 Å². The van der Waals surface area contributed by atoms with Crippen LogP contribution in [-0.4, -0.2) is 5.11 Å². The van der Waals surface area contributed by atoms with Crippen LogP contribution < -0.4 is 11.5 Å². The molecule has 5 N–H and O–H groups in total. The van der Waals surface area contributed by atoms with E-state index in [2.05, 4.69) is 19.9 Å². The highest BCUT2D eigenvalue weighted by Gasteiger charge is 2.31. The largest absolute Gasteiger partial charge is 0.506 e. The summed E-state index contributed by atoms with van der Waals surface area (Å²) in [5.74, 6) is 3.55. The Morgan fingerprint density at radius 1 is 0.852 bits per heavy atom. The van der Waals surface area contributed by atoms with E-state index in [1.807, 2.05) is 6.07 Å². The molecule has 0 bridgehead atoms. The molecule has 0 radical (unpaired) electrons. The van der Waals surface area contributed by atoms with Crippen molar-refractivity contribution in [2.45, 2.75) is 71.1 Å². The minimum Gasteiger partial charge on any atom is -0.506 e. The van der Waals surface area contributed by atoms with Crippen LogP contribution >= 0.6 is 0 Å². The Morgan fingerprint density at radius 2 is 1.44 bits per heavy atom. The van der Waals surface area contributed by atoms with Crippen LogP contribution in [0.25, 0.3) is 10.8 Å². The van der Waals surface area contributed by atoms with E-state index in [4.69, 9.17) is 11.5 Å².